The zero-order chi connectivity index (χ0) is 21.0. The summed E-state index contributed by atoms with van der Waals surface area (Å²) < 4.78 is 30.5. The van der Waals surface area contributed by atoms with Crippen LogP contribution in [0.5, 0.6) is 5.75 Å². The van der Waals surface area contributed by atoms with Crippen LogP contribution in [0.4, 0.5) is 0 Å². The van der Waals surface area contributed by atoms with Gasteiger partial charge in [-0.3, -0.25) is 4.79 Å². The molecule has 0 saturated carbocycles. The molecule has 0 aromatic heterocycles. The van der Waals surface area contributed by atoms with E-state index in [1.54, 1.807) is 17.0 Å². The normalized spacial score (nSPS) is 18.0. The van der Waals surface area contributed by atoms with Crippen LogP contribution in [0, 0.1) is 0 Å². The highest BCUT2D eigenvalue weighted by atomic mass is 79.9. The van der Waals surface area contributed by atoms with Gasteiger partial charge in [0.2, 0.25) is 0 Å². The van der Waals surface area contributed by atoms with E-state index in [0.29, 0.717) is 24.6 Å². The largest absolute Gasteiger partial charge is 0.484 e. The van der Waals surface area contributed by atoms with Crippen LogP contribution < -0.4 is 4.74 Å². The van der Waals surface area contributed by atoms with Gasteiger partial charge in [0.05, 0.1) is 11.5 Å². The molecule has 7 heteroatoms. The van der Waals surface area contributed by atoms with Gasteiger partial charge in [0, 0.05) is 17.1 Å². The minimum absolute atomic E-state index is 0.0150. The van der Waals surface area contributed by atoms with E-state index < -0.39 is 9.84 Å². The molecule has 156 valence electrons. The second kappa shape index (κ2) is 9.30. The van der Waals surface area contributed by atoms with Crippen molar-refractivity contribution in [3.8, 4) is 5.75 Å². The van der Waals surface area contributed by atoms with Gasteiger partial charge in [0.15, 0.2) is 16.4 Å². The molecule has 3 rings (SSSR count). The summed E-state index contributed by atoms with van der Waals surface area (Å²) in [5.74, 6) is 0.966. The number of ether oxygens (including phenoxy) is 1. The lowest BCUT2D eigenvalue weighted by atomic mass is 10.0. The molecule has 2 aromatic carbocycles. The number of amides is 1. The van der Waals surface area contributed by atoms with Crippen molar-refractivity contribution in [1.29, 1.82) is 0 Å². The lowest BCUT2D eigenvalue weighted by Gasteiger charge is -2.28. The number of carbonyl (C=O) groups excluding carboxylic acids is 1. The minimum atomic E-state index is -3.10. The Morgan fingerprint density at radius 2 is 1.79 bits per heavy atom. The predicted molar refractivity (Wildman–Crippen MR) is 118 cm³/mol. The average Bonchev–Trinajstić information content (AvgIpc) is 3.05. The van der Waals surface area contributed by atoms with Gasteiger partial charge in [-0.05, 0) is 47.7 Å². The molecule has 29 heavy (non-hydrogen) atoms. The first-order valence-electron chi connectivity index (χ1n) is 9.70. The van der Waals surface area contributed by atoms with Crippen molar-refractivity contribution < 1.29 is 17.9 Å². The lowest BCUT2D eigenvalue weighted by molar-refractivity contribution is -0.136. The van der Waals surface area contributed by atoms with Crippen LogP contribution in [0.3, 0.4) is 0 Å². The van der Waals surface area contributed by atoms with Gasteiger partial charge in [-0.2, -0.15) is 0 Å². The number of hydrogen-bond donors (Lipinski definition) is 0. The van der Waals surface area contributed by atoms with Crippen molar-refractivity contribution in [2.75, 3.05) is 18.1 Å². The summed E-state index contributed by atoms with van der Waals surface area (Å²) in [5, 5.41) is 0. The summed E-state index contributed by atoms with van der Waals surface area (Å²) in [6, 6.07) is 15.1. The van der Waals surface area contributed by atoms with Crippen LogP contribution in [-0.4, -0.2) is 43.4 Å². The summed E-state index contributed by atoms with van der Waals surface area (Å²) >= 11 is 3.37. The fourth-order valence-corrected chi connectivity index (χ4v) is 5.40. The summed E-state index contributed by atoms with van der Waals surface area (Å²) in [6.45, 7) is 4.52. The zero-order valence-electron chi connectivity index (χ0n) is 16.7. The van der Waals surface area contributed by atoms with Crippen molar-refractivity contribution in [2.45, 2.75) is 38.8 Å². The summed E-state index contributed by atoms with van der Waals surface area (Å²) in [6.07, 6.45) is 0.469. The van der Waals surface area contributed by atoms with Crippen molar-refractivity contribution in [3.63, 3.8) is 0 Å². The first-order chi connectivity index (χ1) is 13.7. The van der Waals surface area contributed by atoms with Crippen LogP contribution in [-0.2, 0) is 21.2 Å². The van der Waals surface area contributed by atoms with Gasteiger partial charge in [0.1, 0.15) is 5.75 Å². The van der Waals surface area contributed by atoms with Gasteiger partial charge < -0.3 is 9.64 Å². The average molecular weight is 480 g/mol. The standard InChI is InChI=1S/C22H26BrNO4S/c1-16(2)18-5-3-17(4-6-18)13-24(20-11-12-29(26,27)15-20)22(25)14-28-21-9-7-19(23)8-10-21/h3-10,16,20H,11-15H2,1-2H3. The van der Waals surface area contributed by atoms with Gasteiger partial charge in [-0.15, -0.1) is 0 Å². The molecule has 1 heterocycles. The van der Waals surface area contributed by atoms with Crippen LogP contribution in [0.25, 0.3) is 0 Å². The Bertz CT molecular complexity index is 940. The first kappa shape index (κ1) is 21.8. The van der Waals surface area contributed by atoms with Gasteiger partial charge in [-0.25, -0.2) is 8.42 Å². The number of sulfone groups is 1. The van der Waals surface area contributed by atoms with Gasteiger partial charge >= 0.3 is 0 Å². The highest BCUT2D eigenvalue weighted by molar-refractivity contribution is 9.10. The fourth-order valence-electron chi connectivity index (χ4n) is 3.41. The summed E-state index contributed by atoms with van der Waals surface area (Å²) in [4.78, 5) is 14.6. The van der Waals surface area contributed by atoms with E-state index in [1.165, 1.54) is 5.56 Å². The van der Waals surface area contributed by atoms with Crippen molar-refractivity contribution >= 4 is 31.7 Å². The van der Waals surface area contributed by atoms with E-state index in [2.05, 4.69) is 41.9 Å². The molecule has 0 radical (unpaired) electrons. The Kier molecular flexibility index (Phi) is 7.01. The molecule has 1 atom stereocenters. The van der Waals surface area contributed by atoms with Crippen molar-refractivity contribution in [1.82, 2.24) is 4.90 Å². The molecule has 1 aliphatic rings. The molecule has 1 saturated heterocycles. The third kappa shape index (κ3) is 6.06. The van der Waals surface area contributed by atoms with E-state index >= 15 is 0 Å². The SMILES string of the molecule is CC(C)c1ccc(CN(C(=O)COc2ccc(Br)cc2)C2CCS(=O)(=O)C2)cc1. The molecule has 0 N–H and O–H groups in total. The number of rotatable bonds is 7. The number of carbonyl (C=O) groups is 1. The smallest absolute Gasteiger partial charge is 0.261 e. The maximum atomic E-state index is 13.0. The molecule has 0 aliphatic carbocycles. The Morgan fingerprint density at radius 3 is 2.34 bits per heavy atom. The molecule has 5 nitrogen and oxygen atoms in total. The Morgan fingerprint density at radius 1 is 1.14 bits per heavy atom. The Balaban J connectivity index is 1.73. The molecule has 1 aliphatic heterocycles. The number of halogens is 1. The van der Waals surface area contributed by atoms with E-state index in [1.807, 2.05) is 24.3 Å². The van der Waals surface area contributed by atoms with Gasteiger partial charge in [0.25, 0.3) is 5.91 Å². The quantitative estimate of drug-likeness (QED) is 0.597. The lowest BCUT2D eigenvalue weighted by Crippen LogP contribution is -2.43. The fraction of sp³-hybridized carbons (Fsp3) is 0.409. The maximum absolute atomic E-state index is 13.0. The van der Waals surface area contributed by atoms with Crippen molar-refractivity contribution in [3.05, 3.63) is 64.1 Å². The summed E-state index contributed by atoms with van der Waals surface area (Å²) in [7, 11) is -3.10. The van der Waals surface area contributed by atoms with E-state index in [4.69, 9.17) is 4.74 Å². The van der Waals surface area contributed by atoms with E-state index in [0.717, 1.165) is 10.0 Å². The molecule has 1 fully saturated rings. The van der Waals surface area contributed by atoms with Crippen LogP contribution in [0.15, 0.2) is 53.0 Å². The second-order valence-corrected chi connectivity index (χ2v) is 10.9. The maximum Gasteiger partial charge on any atom is 0.261 e. The molecule has 0 spiro atoms. The van der Waals surface area contributed by atoms with Crippen LogP contribution >= 0.6 is 15.9 Å². The highest BCUT2D eigenvalue weighted by Crippen LogP contribution is 2.22. The van der Waals surface area contributed by atoms with Crippen molar-refractivity contribution in [2.24, 2.45) is 0 Å². The molecule has 0 bridgehead atoms. The van der Waals surface area contributed by atoms with Gasteiger partial charge in [-0.1, -0.05) is 54.0 Å². The Hall–Kier alpha value is -1.86. The molecule has 1 amide bonds. The Labute approximate surface area is 181 Å². The number of hydrogen-bond acceptors (Lipinski definition) is 4. The molecular formula is C22H26BrNO4S. The molecular weight excluding hydrogens is 454 g/mol. The zero-order valence-corrected chi connectivity index (χ0v) is 19.1. The third-order valence-corrected chi connectivity index (χ3v) is 7.42. The van der Waals surface area contributed by atoms with E-state index in [9.17, 15) is 13.2 Å². The minimum Gasteiger partial charge on any atom is -0.484 e. The monoisotopic (exact) mass is 479 g/mol. The molecule has 2 aromatic rings. The highest BCUT2D eigenvalue weighted by Gasteiger charge is 2.34. The second-order valence-electron chi connectivity index (χ2n) is 7.72. The van der Waals surface area contributed by atoms with Crippen LogP contribution in [0.2, 0.25) is 0 Å². The predicted octanol–water partition coefficient (Wildman–Crippen LogP) is 4.17. The topological polar surface area (TPSA) is 63.7 Å². The molecule has 1 unspecified atom stereocenters. The summed E-state index contributed by atoms with van der Waals surface area (Å²) in [5.41, 5.74) is 2.21. The van der Waals surface area contributed by atoms with E-state index in [-0.39, 0.29) is 30.1 Å². The number of benzene rings is 2. The third-order valence-electron chi connectivity index (χ3n) is 5.14. The first-order valence-corrected chi connectivity index (χ1v) is 12.3. The van der Waals surface area contributed by atoms with Crippen LogP contribution in [0.1, 0.15) is 37.3 Å². The number of nitrogens with zero attached hydrogens (tertiary/aromatic N) is 1.